The molecule has 0 heterocycles. The van der Waals surface area contributed by atoms with Gasteiger partial charge in [-0.2, -0.15) is 0 Å². The van der Waals surface area contributed by atoms with E-state index in [0.717, 1.165) is 16.1 Å². The molecule has 0 fully saturated rings. The van der Waals surface area contributed by atoms with E-state index in [4.69, 9.17) is 0 Å². The molecule has 0 aliphatic rings. The van der Waals surface area contributed by atoms with Crippen LogP contribution in [0.2, 0.25) is 0 Å². The summed E-state index contributed by atoms with van der Waals surface area (Å²) < 4.78 is 15.8. The molecule has 0 saturated heterocycles. The highest BCUT2D eigenvalue weighted by molar-refractivity contribution is 7.93. The zero-order chi connectivity index (χ0) is 12.8. The summed E-state index contributed by atoms with van der Waals surface area (Å²) in [7, 11) is 1.23. The molecule has 1 rings (SSSR count). The summed E-state index contributed by atoms with van der Waals surface area (Å²) >= 11 is 0. The van der Waals surface area contributed by atoms with Crippen molar-refractivity contribution in [3.8, 4) is 0 Å². The first kappa shape index (κ1) is 15.0. The third-order valence-electron chi connectivity index (χ3n) is 2.26. The van der Waals surface area contributed by atoms with Crippen molar-refractivity contribution >= 4 is 15.4 Å². The Morgan fingerprint density at radius 3 is 2.38 bits per heavy atom. The minimum Gasteiger partial charge on any atom is -0.388 e. The molecule has 0 aliphatic heterocycles. The van der Waals surface area contributed by atoms with Gasteiger partial charge in [0.25, 0.3) is 0 Å². The Morgan fingerprint density at radius 1 is 1.38 bits per heavy atom. The molecule has 0 saturated carbocycles. The van der Waals surface area contributed by atoms with Crippen molar-refractivity contribution in [3.05, 3.63) is 23.8 Å². The second kappa shape index (κ2) is 6.53. The van der Waals surface area contributed by atoms with E-state index in [9.17, 15) is 4.21 Å². The Balaban J connectivity index is 0. The quantitative estimate of drug-likeness (QED) is 0.866. The molecule has 16 heavy (non-hydrogen) atoms. The first-order chi connectivity index (χ1) is 7.51. The highest BCUT2D eigenvalue weighted by Gasteiger charge is 2.06. The Hall–Kier alpha value is -1.03. The monoisotopic (exact) mass is 244 g/mol. The van der Waals surface area contributed by atoms with Crippen LogP contribution in [0.1, 0.15) is 20.8 Å². The van der Waals surface area contributed by atoms with Crippen molar-refractivity contribution in [1.29, 1.82) is 0 Å². The fraction of sp³-hybridized carbons (Fsp3) is 0.500. The molecular formula is C12H24N2OS. The van der Waals surface area contributed by atoms with Crippen LogP contribution in [0.15, 0.2) is 27.5 Å². The zero-order valence-corrected chi connectivity index (χ0v) is 11.8. The lowest BCUT2D eigenvalue weighted by Gasteiger charge is -2.08. The number of rotatable bonds is 2. The van der Waals surface area contributed by atoms with Gasteiger partial charge in [0, 0.05) is 32.4 Å². The molecule has 1 aromatic carbocycles. The van der Waals surface area contributed by atoms with Crippen LogP contribution in [-0.4, -0.2) is 24.6 Å². The van der Waals surface area contributed by atoms with Crippen LogP contribution < -0.4 is 5.32 Å². The predicted octanol–water partition coefficient (Wildman–Crippen LogP) is 3.40. The maximum Gasteiger partial charge on any atom is 0.0721 e. The maximum atomic E-state index is 11.9. The van der Waals surface area contributed by atoms with Gasteiger partial charge in [-0.3, -0.25) is 0 Å². The third-order valence-corrected chi connectivity index (χ3v) is 4.09. The van der Waals surface area contributed by atoms with Gasteiger partial charge in [0.2, 0.25) is 0 Å². The van der Waals surface area contributed by atoms with Gasteiger partial charge in [-0.15, -0.1) is 0 Å². The normalized spacial score (nSPS) is 13.1. The first-order valence-corrected chi connectivity index (χ1v) is 7.32. The van der Waals surface area contributed by atoms with E-state index in [0.29, 0.717) is 0 Å². The Morgan fingerprint density at radius 2 is 1.94 bits per heavy atom. The zero-order valence-electron chi connectivity index (χ0n) is 11.0. The van der Waals surface area contributed by atoms with Gasteiger partial charge in [0.05, 0.1) is 9.73 Å². The molecule has 1 aromatic rings. The lowest BCUT2D eigenvalue weighted by molar-refractivity contribution is 0.680. The summed E-state index contributed by atoms with van der Waals surface area (Å²) in [5.41, 5.74) is 2.14. The van der Waals surface area contributed by atoms with Crippen molar-refractivity contribution < 1.29 is 5.64 Å². The largest absolute Gasteiger partial charge is 0.388 e. The molecule has 1 unspecified atom stereocenters. The number of anilines is 1. The Kier molecular flexibility index (Phi) is 6.11. The van der Waals surface area contributed by atoms with E-state index in [-0.39, 0.29) is 1.43 Å². The molecule has 1 N–H and O–H groups in total. The number of nitrogens with one attached hydrogen (secondary N) is 1. The molecule has 94 valence electrons. The smallest absolute Gasteiger partial charge is 0.0721 e. The second-order valence-corrected chi connectivity index (χ2v) is 5.65. The average Bonchev–Trinajstić information content (AvgIpc) is 2.32. The average molecular weight is 244 g/mol. The molecule has 0 bridgehead atoms. The second-order valence-electron chi connectivity index (χ2n) is 3.21. The third kappa shape index (κ3) is 3.52. The minimum absolute atomic E-state index is 0. The van der Waals surface area contributed by atoms with Gasteiger partial charge in [0.1, 0.15) is 0 Å². The van der Waals surface area contributed by atoms with Crippen LogP contribution >= 0.6 is 0 Å². The number of nitrogens with zero attached hydrogens (tertiary/aromatic N) is 1. The summed E-state index contributed by atoms with van der Waals surface area (Å²) in [4.78, 5) is 0.773. The summed E-state index contributed by atoms with van der Waals surface area (Å²) in [5.74, 6) is 0. The molecule has 1 atom stereocenters. The highest BCUT2D eigenvalue weighted by atomic mass is 32.2. The standard InChI is InChI=1S/C10H16N2OS.C2H6.H2/c1-8-5-6-9(7-10(8)11-2)14(4,13)12-3;1-2;/h5-7,11H,1-4H3;1-2H3;1H. The van der Waals surface area contributed by atoms with Crippen LogP contribution in [0.3, 0.4) is 0 Å². The van der Waals surface area contributed by atoms with Gasteiger partial charge in [-0.05, 0) is 24.6 Å². The lowest BCUT2D eigenvalue weighted by atomic mass is 10.2. The van der Waals surface area contributed by atoms with Crippen molar-refractivity contribution in [2.75, 3.05) is 25.7 Å². The highest BCUT2D eigenvalue weighted by Crippen LogP contribution is 2.20. The number of hydrogen-bond acceptors (Lipinski definition) is 3. The van der Waals surface area contributed by atoms with Crippen LogP contribution in [-0.2, 0) is 9.73 Å². The van der Waals surface area contributed by atoms with Gasteiger partial charge in [0.15, 0.2) is 0 Å². The van der Waals surface area contributed by atoms with Gasteiger partial charge in [-0.1, -0.05) is 19.9 Å². The summed E-state index contributed by atoms with van der Waals surface area (Å²) in [6.45, 7) is 6.01. The van der Waals surface area contributed by atoms with E-state index in [1.807, 2.05) is 46.0 Å². The van der Waals surface area contributed by atoms with E-state index in [1.54, 1.807) is 13.3 Å². The lowest BCUT2D eigenvalue weighted by Crippen LogP contribution is -1.99. The van der Waals surface area contributed by atoms with E-state index >= 15 is 0 Å². The van der Waals surface area contributed by atoms with Crippen molar-refractivity contribution in [3.63, 3.8) is 0 Å². The van der Waals surface area contributed by atoms with Gasteiger partial charge >= 0.3 is 0 Å². The summed E-state index contributed by atoms with van der Waals surface area (Å²) in [5, 5.41) is 3.06. The minimum atomic E-state index is -2.21. The number of benzene rings is 1. The molecule has 3 nitrogen and oxygen atoms in total. The van der Waals surface area contributed by atoms with E-state index < -0.39 is 9.73 Å². The number of aryl methyl sites for hydroxylation is 1. The maximum absolute atomic E-state index is 11.9. The summed E-state index contributed by atoms with van der Waals surface area (Å²) in [6.07, 6.45) is 1.65. The number of hydrogen-bond donors (Lipinski definition) is 1. The molecule has 4 heteroatoms. The fourth-order valence-electron chi connectivity index (χ4n) is 1.21. The van der Waals surface area contributed by atoms with Crippen molar-refractivity contribution in [1.82, 2.24) is 0 Å². The van der Waals surface area contributed by atoms with Crippen LogP contribution in [0.5, 0.6) is 0 Å². The van der Waals surface area contributed by atoms with Crippen LogP contribution in [0.25, 0.3) is 0 Å². The van der Waals surface area contributed by atoms with Crippen molar-refractivity contribution in [2.24, 2.45) is 4.36 Å². The van der Waals surface area contributed by atoms with Crippen LogP contribution in [0, 0.1) is 6.92 Å². The molecular weight excluding hydrogens is 220 g/mol. The molecule has 0 aromatic heterocycles. The molecule has 0 amide bonds. The summed E-state index contributed by atoms with van der Waals surface area (Å²) in [6, 6.07) is 5.71. The topological polar surface area (TPSA) is 41.5 Å². The van der Waals surface area contributed by atoms with E-state index in [2.05, 4.69) is 9.68 Å². The molecule has 0 radical (unpaired) electrons. The van der Waals surface area contributed by atoms with Crippen LogP contribution in [0.4, 0.5) is 5.69 Å². The Bertz CT molecular complexity index is 452. The molecule has 0 spiro atoms. The molecule has 0 aliphatic carbocycles. The van der Waals surface area contributed by atoms with E-state index in [1.165, 1.54) is 0 Å². The fourth-order valence-corrected chi connectivity index (χ4v) is 2.08. The van der Waals surface area contributed by atoms with Gasteiger partial charge < -0.3 is 5.32 Å². The van der Waals surface area contributed by atoms with Gasteiger partial charge in [-0.25, -0.2) is 8.57 Å². The van der Waals surface area contributed by atoms with Crippen molar-refractivity contribution in [2.45, 2.75) is 25.7 Å². The Labute approximate surface area is 101 Å². The SMILES string of the molecule is CC.CN=S(C)(=O)c1ccc(C)c(NC)c1.[HH]. The predicted molar refractivity (Wildman–Crippen MR) is 74.9 cm³/mol. The first-order valence-electron chi connectivity index (χ1n) is 5.40.